The lowest BCUT2D eigenvalue weighted by molar-refractivity contribution is 0.102. The van der Waals surface area contributed by atoms with Gasteiger partial charge < -0.3 is 5.32 Å². The molecule has 1 amide bonds. The summed E-state index contributed by atoms with van der Waals surface area (Å²) in [6.45, 7) is 4.60. The maximum Gasteiger partial charge on any atom is 0.276 e. The topological polar surface area (TPSA) is 77.1 Å². The van der Waals surface area contributed by atoms with E-state index in [0.717, 1.165) is 41.7 Å². The van der Waals surface area contributed by atoms with E-state index in [-0.39, 0.29) is 11.4 Å². The zero-order valence-corrected chi connectivity index (χ0v) is 15.1. The first-order valence-electron chi connectivity index (χ1n) is 8.62. The molecule has 1 N–H and O–H groups in total. The number of aromatic nitrogens is 5. The zero-order chi connectivity index (χ0) is 19.8. The monoisotopic (exact) mass is 382 g/mol. The van der Waals surface area contributed by atoms with Crippen LogP contribution >= 0.6 is 0 Å². The molecule has 3 aromatic heterocycles. The van der Waals surface area contributed by atoms with E-state index in [1.807, 2.05) is 20.0 Å². The van der Waals surface area contributed by atoms with E-state index in [1.165, 1.54) is 10.6 Å². The number of nitrogens with zero attached hydrogens (tertiary/aromatic N) is 5. The minimum atomic E-state index is -0.736. The highest BCUT2D eigenvalue weighted by molar-refractivity contribution is 6.03. The quantitative estimate of drug-likeness (QED) is 0.586. The maximum atomic E-state index is 13.8. The number of hydrogen-bond acceptors (Lipinski definition) is 4. The molecule has 1 aromatic carbocycles. The van der Waals surface area contributed by atoms with Crippen molar-refractivity contribution in [1.82, 2.24) is 24.4 Å². The summed E-state index contributed by atoms with van der Waals surface area (Å²) in [4.78, 5) is 16.7. The predicted molar refractivity (Wildman–Crippen MR) is 98.9 cm³/mol. The van der Waals surface area contributed by atoms with Gasteiger partial charge >= 0.3 is 0 Å². The molecule has 0 saturated carbocycles. The van der Waals surface area contributed by atoms with Crippen molar-refractivity contribution >= 4 is 17.2 Å². The van der Waals surface area contributed by atoms with Gasteiger partial charge in [0.15, 0.2) is 11.3 Å². The molecular weight excluding hydrogens is 366 g/mol. The van der Waals surface area contributed by atoms with Crippen molar-refractivity contribution in [3.8, 4) is 11.3 Å². The summed E-state index contributed by atoms with van der Waals surface area (Å²) in [5.41, 5.74) is 2.63. The van der Waals surface area contributed by atoms with Crippen LogP contribution in [0.25, 0.3) is 16.9 Å². The Morgan fingerprint density at radius 1 is 1.18 bits per heavy atom. The summed E-state index contributed by atoms with van der Waals surface area (Å²) in [5, 5.41) is 11.1. The highest BCUT2D eigenvalue weighted by Crippen LogP contribution is 2.23. The molecule has 0 spiro atoms. The number of anilines is 1. The largest absolute Gasteiger partial charge is 0.318 e. The maximum absolute atomic E-state index is 13.8. The third-order valence-electron chi connectivity index (χ3n) is 4.31. The molecule has 0 bridgehead atoms. The van der Waals surface area contributed by atoms with Crippen LogP contribution in [0.2, 0.25) is 0 Å². The number of halogens is 2. The molecule has 28 heavy (non-hydrogen) atoms. The number of rotatable bonds is 4. The third-order valence-corrected chi connectivity index (χ3v) is 4.31. The minimum Gasteiger partial charge on any atom is -0.318 e. The number of nitrogens with one attached hydrogen (secondary N) is 1. The molecule has 4 aromatic rings. The lowest BCUT2D eigenvalue weighted by Crippen LogP contribution is -2.14. The first-order chi connectivity index (χ1) is 13.5. The summed E-state index contributed by atoms with van der Waals surface area (Å²) >= 11 is 0. The molecule has 0 saturated heterocycles. The van der Waals surface area contributed by atoms with Crippen LogP contribution in [0.5, 0.6) is 0 Å². The van der Waals surface area contributed by atoms with Gasteiger partial charge in [0.25, 0.3) is 5.91 Å². The fraction of sp³-hybridized carbons (Fsp3) is 0.158. The van der Waals surface area contributed by atoms with Crippen LogP contribution in [-0.4, -0.2) is 30.3 Å². The molecule has 0 aliphatic heterocycles. The average Bonchev–Trinajstić information content (AvgIpc) is 3.28. The standard InChI is InChI=1S/C19H16F2N6O/c1-3-26-10-13(11(2)24-26)17-6-7-22-18-9-16(25-27(17)18)19(28)23-15-8-12(20)4-5-14(15)21/h4-10H,3H2,1-2H3,(H,23,28). The van der Waals surface area contributed by atoms with E-state index in [9.17, 15) is 13.6 Å². The van der Waals surface area contributed by atoms with Gasteiger partial charge in [0, 0.05) is 36.6 Å². The summed E-state index contributed by atoms with van der Waals surface area (Å²) in [6.07, 6.45) is 3.51. The van der Waals surface area contributed by atoms with Gasteiger partial charge in [-0.1, -0.05) is 0 Å². The third kappa shape index (κ3) is 3.11. The van der Waals surface area contributed by atoms with Gasteiger partial charge in [-0.25, -0.2) is 18.3 Å². The molecule has 0 fully saturated rings. The number of fused-ring (bicyclic) bond motifs is 1. The molecular formula is C19H16F2N6O. The first-order valence-corrected chi connectivity index (χ1v) is 8.62. The molecule has 0 aliphatic carbocycles. The Bertz CT molecular complexity index is 1200. The molecule has 0 atom stereocenters. The molecule has 0 aliphatic rings. The molecule has 0 radical (unpaired) electrons. The Kier molecular flexibility index (Phi) is 4.34. The van der Waals surface area contributed by atoms with Gasteiger partial charge in [0.05, 0.1) is 17.1 Å². The van der Waals surface area contributed by atoms with Crippen LogP contribution in [0.4, 0.5) is 14.5 Å². The van der Waals surface area contributed by atoms with Crippen LogP contribution < -0.4 is 5.32 Å². The Morgan fingerprint density at radius 2 is 2.00 bits per heavy atom. The number of benzene rings is 1. The zero-order valence-electron chi connectivity index (χ0n) is 15.1. The van der Waals surface area contributed by atoms with E-state index in [0.29, 0.717) is 5.65 Å². The van der Waals surface area contributed by atoms with Crippen LogP contribution in [0.15, 0.2) is 42.7 Å². The number of hydrogen-bond donors (Lipinski definition) is 1. The number of carbonyl (C=O) groups is 1. The Hall–Kier alpha value is -3.62. The van der Waals surface area contributed by atoms with Crippen molar-refractivity contribution in [2.45, 2.75) is 20.4 Å². The number of amides is 1. The number of aryl methyl sites for hydroxylation is 2. The van der Waals surface area contributed by atoms with Crippen LogP contribution in [-0.2, 0) is 6.54 Å². The minimum absolute atomic E-state index is 0.0316. The fourth-order valence-electron chi connectivity index (χ4n) is 2.92. The van der Waals surface area contributed by atoms with E-state index < -0.39 is 17.5 Å². The molecule has 3 heterocycles. The lowest BCUT2D eigenvalue weighted by atomic mass is 10.2. The van der Waals surface area contributed by atoms with Crippen LogP contribution in [0.3, 0.4) is 0 Å². The van der Waals surface area contributed by atoms with Crippen molar-refractivity contribution in [1.29, 1.82) is 0 Å². The summed E-state index contributed by atoms with van der Waals surface area (Å²) in [5.74, 6) is -2.05. The Labute approximate surface area is 158 Å². The van der Waals surface area contributed by atoms with Crippen molar-refractivity contribution in [2.24, 2.45) is 0 Å². The molecule has 9 heteroatoms. The van der Waals surface area contributed by atoms with Gasteiger partial charge in [-0.05, 0) is 32.0 Å². The normalized spacial score (nSPS) is 11.1. The van der Waals surface area contributed by atoms with Crippen molar-refractivity contribution < 1.29 is 13.6 Å². The molecule has 0 unspecified atom stereocenters. The smallest absolute Gasteiger partial charge is 0.276 e. The fourth-order valence-corrected chi connectivity index (χ4v) is 2.92. The Morgan fingerprint density at radius 3 is 2.75 bits per heavy atom. The van der Waals surface area contributed by atoms with Crippen molar-refractivity contribution in [3.63, 3.8) is 0 Å². The average molecular weight is 382 g/mol. The second kappa shape index (κ2) is 6.84. The predicted octanol–water partition coefficient (Wildman–Crippen LogP) is 3.45. The SMILES string of the molecule is CCn1cc(-c2ccnc3cc(C(=O)Nc4cc(F)ccc4F)nn23)c(C)n1. The highest BCUT2D eigenvalue weighted by Gasteiger charge is 2.17. The summed E-state index contributed by atoms with van der Waals surface area (Å²) in [6, 6.07) is 6.09. The van der Waals surface area contributed by atoms with Crippen LogP contribution in [0, 0.1) is 18.6 Å². The van der Waals surface area contributed by atoms with E-state index in [4.69, 9.17) is 0 Å². The Balaban J connectivity index is 1.73. The van der Waals surface area contributed by atoms with Gasteiger partial charge in [0.1, 0.15) is 11.6 Å². The second-order valence-corrected chi connectivity index (χ2v) is 6.19. The van der Waals surface area contributed by atoms with Crippen LogP contribution in [0.1, 0.15) is 23.1 Å². The first kappa shape index (κ1) is 17.8. The van der Waals surface area contributed by atoms with E-state index in [1.54, 1.807) is 16.9 Å². The van der Waals surface area contributed by atoms with Gasteiger partial charge in [-0.15, -0.1) is 0 Å². The molecule has 4 rings (SSSR count). The molecule has 7 nitrogen and oxygen atoms in total. The van der Waals surface area contributed by atoms with Crippen molar-refractivity contribution in [3.05, 3.63) is 65.7 Å². The van der Waals surface area contributed by atoms with Gasteiger partial charge in [-0.2, -0.15) is 10.2 Å². The number of carbonyl (C=O) groups excluding carboxylic acids is 1. The van der Waals surface area contributed by atoms with E-state index in [2.05, 4.69) is 20.5 Å². The van der Waals surface area contributed by atoms with Gasteiger partial charge in [-0.3, -0.25) is 9.48 Å². The second-order valence-electron chi connectivity index (χ2n) is 6.19. The van der Waals surface area contributed by atoms with E-state index >= 15 is 0 Å². The summed E-state index contributed by atoms with van der Waals surface area (Å²) in [7, 11) is 0. The lowest BCUT2D eigenvalue weighted by Gasteiger charge is -2.04. The molecule has 142 valence electrons. The summed E-state index contributed by atoms with van der Waals surface area (Å²) < 4.78 is 30.4. The highest BCUT2D eigenvalue weighted by atomic mass is 19.1. The van der Waals surface area contributed by atoms with Crippen molar-refractivity contribution in [2.75, 3.05) is 5.32 Å². The van der Waals surface area contributed by atoms with Gasteiger partial charge in [0.2, 0.25) is 0 Å².